The molecule has 5 aliphatic rings. The third-order valence-electron chi connectivity index (χ3n) is 6.45. The zero-order valence-electron chi connectivity index (χ0n) is 12.0. The average molecular weight is 262 g/mol. The summed E-state index contributed by atoms with van der Waals surface area (Å²) < 4.78 is 0. The molecule has 19 heavy (non-hydrogen) atoms. The molecule has 0 spiro atoms. The van der Waals surface area contributed by atoms with Crippen molar-refractivity contribution < 1.29 is 4.79 Å². The van der Waals surface area contributed by atoms with Crippen molar-refractivity contribution >= 4 is 5.91 Å². The summed E-state index contributed by atoms with van der Waals surface area (Å²) in [6.07, 6.45) is 7.75. The van der Waals surface area contributed by atoms with Gasteiger partial charge in [-0.05, 0) is 62.2 Å². The van der Waals surface area contributed by atoms with E-state index >= 15 is 0 Å². The second-order valence-corrected chi connectivity index (χ2v) is 8.05. The summed E-state index contributed by atoms with van der Waals surface area (Å²) in [4.78, 5) is 15.2. The Balaban J connectivity index is 1.57. The Labute approximate surface area is 115 Å². The Bertz CT molecular complexity index is 360. The number of carbonyl (C=O) groups is 1. The molecule has 2 unspecified atom stereocenters. The maximum atomic E-state index is 13.1. The normalized spacial score (nSPS) is 51.9. The van der Waals surface area contributed by atoms with E-state index in [1.807, 2.05) is 0 Å². The summed E-state index contributed by atoms with van der Waals surface area (Å²) >= 11 is 0. The largest absolute Gasteiger partial charge is 0.340 e. The van der Waals surface area contributed by atoms with Crippen molar-refractivity contribution in [1.82, 2.24) is 4.90 Å². The molecule has 5 fully saturated rings. The molecule has 0 aromatic heterocycles. The van der Waals surface area contributed by atoms with Gasteiger partial charge in [0, 0.05) is 19.1 Å². The number of carbonyl (C=O) groups excluding carboxylic acids is 1. The fourth-order valence-corrected chi connectivity index (χ4v) is 5.87. The van der Waals surface area contributed by atoms with E-state index < -0.39 is 0 Å². The van der Waals surface area contributed by atoms with Crippen LogP contribution in [0.1, 0.15) is 45.4 Å². The molecular weight excluding hydrogens is 236 g/mol. The van der Waals surface area contributed by atoms with Crippen molar-refractivity contribution in [3.63, 3.8) is 0 Å². The van der Waals surface area contributed by atoms with Crippen molar-refractivity contribution in [2.45, 2.75) is 51.5 Å². The predicted molar refractivity (Wildman–Crippen MR) is 74.3 cm³/mol. The van der Waals surface area contributed by atoms with Gasteiger partial charge in [-0.3, -0.25) is 4.79 Å². The van der Waals surface area contributed by atoms with Crippen LogP contribution in [-0.4, -0.2) is 29.9 Å². The molecule has 5 rings (SSSR count). The highest BCUT2D eigenvalue weighted by atomic mass is 16.2. The lowest BCUT2D eigenvalue weighted by Gasteiger charge is -2.56. The minimum absolute atomic E-state index is 0.0263. The highest BCUT2D eigenvalue weighted by molar-refractivity contribution is 5.83. The van der Waals surface area contributed by atoms with Gasteiger partial charge in [-0.1, -0.05) is 6.92 Å². The van der Waals surface area contributed by atoms with E-state index in [1.165, 1.54) is 38.5 Å². The van der Waals surface area contributed by atoms with Gasteiger partial charge in [0.2, 0.25) is 5.91 Å². The van der Waals surface area contributed by atoms with E-state index in [4.69, 9.17) is 5.73 Å². The summed E-state index contributed by atoms with van der Waals surface area (Å²) in [5.41, 5.74) is 6.13. The molecule has 1 heterocycles. The van der Waals surface area contributed by atoms with Gasteiger partial charge in [-0.15, -0.1) is 0 Å². The van der Waals surface area contributed by atoms with Crippen LogP contribution in [0.5, 0.6) is 0 Å². The Morgan fingerprint density at radius 1 is 1.05 bits per heavy atom. The van der Waals surface area contributed by atoms with Crippen LogP contribution in [0.15, 0.2) is 0 Å². The predicted octanol–water partition coefficient (Wildman–Crippen LogP) is 2.01. The van der Waals surface area contributed by atoms with Crippen LogP contribution in [-0.2, 0) is 4.79 Å². The first-order chi connectivity index (χ1) is 9.06. The second kappa shape index (κ2) is 3.97. The molecule has 3 nitrogen and oxygen atoms in total. The Hall–Kier alpha value is -0.570. The fourth-order valence-electron chi connectivity index (χ4n) is 5.87. The molecule has 1 aliphatic heterocycles. The van der Waals surface area contributed by atoms with Crippen LogP contribution in [0, 0.1) is 29.1 Å². The zero-order chi connectivity index (χ0) is 13.2. The molecule has 4 saturated carbocycles. The number of hydrogen-bond acceptors (Lipinski definition) is 2. The quantitative estimate of drug-likeness (QED) is 0.785. The minimum Gasteiger partial charge on any atom is -0.340 e. The van der Waals surface area contributed by atoms with Gasteiger partial charge in [0.15, 0.2) is 0 Å². The van der Waals surface area contributed by atoms with Crippen LogP contribution in [0.2, 0.25) is 0 Å². The number of nitrogens with zero attached hydrogens (tertiary/aromatic N) is 1. The van der Waals surface area contributed by atoms with Gasteiger partial charge >= 0.3 is 0 Å². The first-order valence-corrected chi connectivity index (χ1v) is 8.11. The molecular formula is C16H26N2O. The van der Waals surface area contributed by atoms with E-state index in [0.29, 0.717) is 11.8 Å². The molecule has 2 N–H and O–H groups in total. The molecule has 1 saturated heterocycles. The smallest absolute Gasteiger partial charge is 0.228 e. The van der Waals surface area contributed by atoms with Crippen LogP contribution >= 0.6 is 0 Å². The molecule has 4 bridgehead atoms. The van der Waals surface area contributed by atoms with Crippen LogP contribution in [0.3, 0.4) is 0 Å². The third kappa shape index (κ3) is 1.77. The number of rotatable bonds is 1. The summed E-state index contributed by atoms with van der Waals surface area (Å²) in [6.45, 7) is 3.86. The van der Waals surface area contributed by atoms with Gasteiger partial charge < -0.3 is 10.6 Å². The summed E-state index contributed by atoms with van der Waals surface area (Å²) in [7, 11) is 0. The van der Waals surface area contributed by atoms with Crippen LogP contribution in [0.25, 0.3) is 0 Å². The van der Waals surface area contributed by atoms with Gasteiger partial charge in [0.1, 0.15) is 0 Å². The lowest BCUT2D eigenvalue weighted by Crippen LogP contribution is -2.54. The molecule has 3 heteroatoms. The summed E-state index contributed by atoms with van der Waals surface area (Å²) in [5, 5.41) is 0. The van der Waals surface area contributed by atoms with Crippen molar-refractivity contribution in [2.75, 3.05) is 13.1 Å². The van der Waals surface area contributed by atoms with Crippen molar-refractivity contribution in [3.8, 4) is 0 Å². The van der Waals surface area contributed by atoms with Gasteiger partial charge in [-0.2, -0.15) is 0 Å². The van der Waals surface area contributed by atoms with Crippen LogP contribution < -0.4 is 5.73 Å². The molecule has 4 aliphatic carbocycles. The van der Waals surface area contributed by atoms with Crippen molar-refractivity contribution in [1.29, 1.82) is 0 Å². The Morgan fingerprint density at radius 2 is 1.58 bits per heavy atom. The summed E-state index contributed by atoms with van der Waals surface area (Å²) in [5.74, 6) is 3.49. The Morgan fingerprint density at radius 3 is 2.00 bits per heavy atom. The van der Waals surface area contributed by atoms with E-state index in [-0.39, 0.29) is 11.5 Å². The van der Waals surface area contributed by atoms with Crippen molar-refractivity contribution in [2.24, 2.45) is 34.8 Å². The number of likely N-dealkylation sites (tertiary alicyclic amines) is 1. The minimum atomic E-state index is 0.0263. The van der Waals surface area contributed by atoms with Gasteiger partial charge in [0.05, 0.1) is 5.41 Å². The lowest BCUT2D eigenvalue weighted by atomic mass is 9.49. The number of hydrogen-bond donors (Lipinski definition) is 1. The standard InChI is InChI=1S/C16H26N2O/c1-10-8-18(9-14(10)17)15(19)16-5-11-2-12(6-16)4-13(3-11)7-16/h10-14H,2-9,17H2,1H3. The van der Waals surface area contributed by atoms with Gasteiger partial charge in [-0.25, -0.2) is 0 Å². The fraction of sp³-hybridized carbons (Fsp3) is 0.938. The van der Waals surface area contributed by atoms with Crippen LogP contribution in [0.4, 0.5) is 0 Å². The molecule has 0 aromatic rings. The number of nitrogens with two attached hydrogens (primary N) is 1. The molecule has 2 atom stereocenters. The molecule has 0 aromatic carbocycles. The summed E-state index contributed by atoms with van der Waals surface area (Å²) in [6, 6.07) is 0.192. The van der Waals surface area contributed by atoms with E-state index in [9.17, 15) is 4.79 Å². The monoisotopic (exact) mass is 262 g/mol. The lowest BCUT2D eigenvalue weighted by molar-refractivity contribution is -0.156. The zero-order valence-corrected chi connectivity index (χ0v) is 12.0. The second-order valence-electron chi connectivity index (χ2n) is 8.05. The van der Waals surface area contributed by atoms with E-state index in [0.717, 1.165) is 30.8 Å². The maximum absolute atomic E-state index is 13.1. The topological polar surface area (TPSA) is 46.3 Å². The molecule has 106 valence electrons. The SMILES string of the molecule is CC1CN(C(=O)C23CC4CC(CC(C4)C2)C3)CC1N. The highest BCUT2D eigenvalue weighted by Gasteiger charge is 2.56. The first-order valence-electron chi connectivity index (χ1n) is 8.11. The maximum Gasteiger partial charge on any atom is 0.228 e. The van der Waals surface area contributed by atoms with Gasteiger partial charge in [0.25, 0.3) is 0 Å². The Kier molecular flexibility index (Phi) is 2.55. The third-order valence-corrected chi connectivity index (χ3v) is 6.45. The molecule has 1 amide bonds. The highest BCUT2D eigenvalue weighted by Crippen LogP contribution is 2.60. The van der Waals surface area contributed by atoms with E-state index in [2.05, 4.69) is 11.8 Å². The average Bonchev–Trinajstić information content (AvgIpc) is 2.67. The molecule has 0 radical (unpaired) electrons. The van der Waals surface area contributed by atoms with Crippen molar-refractivity contribution in [3.05, 3.63) is 0 Å². The van der Waals surface area contributed by atoms with E-state index in [1.54, 1.807) is 0 Å². The first kappa shape index (κ1) is 12.2. The number of amides is 1.